The van der Waals surface area contributed by atoms with Gasteiger partial charge >= 0.3 is 0 Å². The molecule has 0 unspecified atom stereocenters. The van der Waals surface area contributed by atoms with Crippen molar-refractivity contribution in [1.82, 2.24) is 25.1 Å². The first-order chi connectivity index (χ1) is 11.3. The SMILES string of the molecule is NCCc1nc(C(=O)NCCc2nnc3n2CCCCC3)cs1. The molecule has 23 heavy (non-hydrogen) atoms. The third-order valence-electron chi connectivity index (χ3n) is 3.96. The Kier molecular flexibility index (Phi) is 5.35. The third-order valence-corrected chi connectivity index (χ3v) is 4.87. The molecule has 0 bridgehead atoms. The van der Waals surface area contributed by atoms with Gasteiger partial charge in [-0.25, -0.2) is 4.98 Å². The van der Waals surface area contributed by atoms with Gasteiger partial charge in [0.1, 0.15) is 17.3 Å². The molecule has 0 saturated carbocycles. The number of nitrogens with two attached hydrogens (primary N) is 1. The highest BCUT2D eigenvalue weighted by atomic mass is 32.1. The summed E-state index contributed by atoms with van der Waals surface area (Å²) in [5.74, 6) is 1.90. The van der Waals surface area contributed by atoms with Crippen LogP contribution in [-0.2, 0) is 25.8 Å². The molecule has 8 heteroatoms. The number of carbonyl (C=O) groups is 1. The zero-order valence-electron chi connectivity index (χ0n) is 13.1. The number of rotatable bonds is 6. The summed E-state index contributed by atoms with van der Waals surface area (Å²) in [5.41, 5.74) is 5.97. The Balaban J connectivity index is 1.53. The molecular weight excluding hydrogens is 312 g/mol. The van der Waals surface area contributed by atoms with Crippen molar-refractivity contribution in [3.8, 4) is 0 Å². The number of aryl methyl sites for hydroxylation is 1. The topological polar surface area (TPSA) is 98.7 Å². The van der Waals surface area contributed by atoms with Crippen LogP contribution in [-0.4, -0.2) is 38.7 Å². The van der Waals surface area contributed by atoms with Crippen LogP contribution in [0.1, 0.15) is 46.4 Å². The summed E-state index contributed by atoms with van der Waals surface area (Å²) in [5, 5.41) is 14.1. The van der Waals surface area contributed by atoms with Gasteiger partial charge in [0.05, 0.1) is 5.01 Å². The molecule has 2 aromatic rings. The first kappa shape index (κ1) is 16.1. The van der Waals surface area contributed by atoms with Gasteiger partial charge in [-0.05, 0) is 19.4 Å². The standard InChI is InChI=1S/C15H22N6OS/c16-7-5-14-18-11(10-23-14)15(22)17-8-6-13-20-19-12-4-2-1-3-9-21(12)13/h10H,1-9,16H2,(H,17,22). The smallest absolute Gasteiger partial charge is 0.270 e. The van der Waals surface area contributed by atoms with Crippen molar-refractivity contribution in [2.24, 2.45) is 5.73 Å². The molecule has 3 rings (SSSR count). The van der Waals surface area contributed by atoms with Crippen molar-refractivity contribution in [3.63, 3.8) is 0 Å². The van der Waals surface area contributed by atoms with E-state index in [1.165, 1.54) is 30.6 Å². The minimum atomic E-state index is -0.139. The lowest BCUT2D eigenvalue weighted by Crippen LogP contribution is -2.27. The average Bonchev–Trinajstić information content (AvgIpc) is 3.09. The van der Waals surface area contributed by atoms with Crippen LogP contribution < -0.4 is 11.1 Å². The Bertz CT molecular complexity index is 665. The second kappa shape index (κ2) is 7.65. The number of amides is 1. The maximum atomic E-state index is 12.1. The summed E-state index contributed by atoms with van der Waals surface area (Å²) < 4.78 is 2.21. The van der Waals surface area contributed by atoms with Crippen molar-refractivity contribution >= 4 is 17.2 Å². The molecule has 1 aliphatic rings. The van der Waals surface area contributed by atoms with E-state index < -0.39 is 0 Å². The molecule has 124 valence electrons. The van der Waals surface area contributed by atoms with E-state index >= 15 is 0 Å². The number of fused-ring (bicyclic) bond motifs is 1. The second-order valence-corrected chi connectivity index (χ2v) is 6.61. The van der Waals surface area contributed by atoms with E-state index in [-0.39, 0.29) is 5.91 Å². The number of nitrogens with one attached hydrogen (secondary N) is 1. The minimum Gasteiger partial charge on any atom is -0.350 e. The normalized spacial score (nSPS) is 14.3. The van der Waals surface area contributed by atoms with Gasteiger partial charge in [0.2, 0.25) is 0 Å². The van der Waals surface area contributed by atoms with Crippen molar-refractivity contribution in [2.75, 3.05) is 13.1 Å². The Morgan fingerprint density at radius 3 is 3.09 bits per heavy atom. The van der Waals surface area contributed by atoms with Gasteiger partial charge < -0.3 is 15.6 Å². The zero-order chi connectivity index (χ0) is 16.1. The van der Waals surface area contributed by atoms with Crippen LogP contribution in [0.3, 0.4) is 0 Å². The molecule has 1 aliphatic heterocycles. The van der Waals surface area contributed by atoms with Gasteiger partial charge in [0, 0.05) is 37.7 Å². The highest BCUT2D eigenvalue weighted by molar-refractivity contribution is 7.09. The summed E-state index contributed by atoms with van der Waals surface area (Å²) in [6.45, 7) is 2.08. The van der Waals surface area contributed by atoms with Crippen LogP contribution in [0.5, 0.6) is 0 Å². The quantitative estimate of drug-likeness (QED) is 0.819. The number of hydrogen-bond donors (Lipinski definition) is 2. The first-order valence-corrected chi connectivity index (χ1v) is 8.99. The Labute approximate surface area is 139 Å². The van der Waals surface area contributed by atoms with Crippen LogP contribution in [0.25, 0.3) is 0 Å². The minimum absolute atomic E-state index is 0.139. The Morgan fingerprint density at radius 1 is 1.30 bits per heavy atom. The summed E-state index contributed by atoms with van der Waals surface area (Å²) in [4.78, 5) is 16.4. The lowest BCUT2D eigenvalue weighted by atomic mass is 10.2. The third kappa shape index (κ3) is 3.94. The van der Waals surface area contributed by atoms with E-state index in [0.717, 1.165) is 29.6 Å². The van der Waals surface area contributed by atoms with E-state index in [1.54, 1.807) is 5.38 Å². The monoisotopic (exact) mass is 334 g/mol. The predicted molar refractivity (Wildman–Crippen MR) is 88.5 cm³/mol. The first-order valence-electron chi connectivity index (χ1n) is 8.11. The van der Waals surface area contributed by atoms with E-state index in [0.29, 0.717) is 31.6 Å². The molecule has 0 spiro atoms. The summed E-state index contributed by atoms with van der Waals surface area (Å²) >= 11 is 1.48. The van der Waals surface area contributed by atoms with Crippen molar-refractivity contribution in [1.29, 1.82) is 0 Å². The molecule has 0 saturated heterocycles. The van der Waals surface area contributed by atoms with Gasteiger partial charge in [-0.3, -0.25) is 4.79 Å². The number of thiazole rings is 1. The van der Waals surface area contributed by atoms with E-state index in [2.05, 4.69) is 25.1 Å². The molecule has 0 radical (unpaired) electrons. The van der Waals surface area contributed by atoms with E-state index in [4.69, 9.17) is 5.73 Å². The van der Waals surface area contributed by atoms with Crippen molar-refractivity contribution in [3.05, 3.63) is 27.7 Å². The van der Waals surface area contributed by atoms with Crippen LogP contribution in [0, 0.1) is 0 Å². The molecule has 0 aliphatic carbocycles. The Morgan fingerprint density at radius 2 is 2.22 bits per heavy atom. The van der Waals surface area contributed by atoms with Gasteiger partial charge in [-0.2, -0.15) is 0 Å². The predicted octanol–water partition coefficient (Wildman–Crippen LogP) is 0.935. The highest BCUT2D eigenvalue weighted by Gasteiger charge is 2.15. The largest absolute Gasteiger partial charge is 0.350 e. The lowest BCUT2D eigenvalue weighted by molar-refractivity contribution is 0.0949. The van der Waals surface area contributed by atoms with Crippen molar-refractivity contribution < 1.29 is 4.79 Å². The molecule has 1 amide bonds. The van der Waals surface area contributed by atoms with Crippen LogP contribution >= 0.6 is 11.3 Å². The molecule has 0 atom stereocenters. The van der Waals surface area contributed by atoms with Crippen LogP contribution in [0.2, 0.25) is 0 Å². The number of carbonyl (C=O) groups excluding carboxylic acids is 1. The van der Waals surface area contributed by atoms with E-state index in [9.17, 15) is 4.79 Å². The number of aromatic nitrogens is 4. The van der Waals surface area contributed by atoms with Gasteiger partial charge in [-0.15, -0.1) is 21.5 Å². The van der Waals surface area contributed by atoms with Crippen LogP contribution in [0.15, 0.2) is 5.38 Å². The number of nitrogens with zero attached hydrogens (tertiary/aromatic N) is 4. The molecule has 2 aromatic heterocycles. The molecule has 3 N–H and O–H groups in total. The highest BCUT2D eigenvalue weighted by Crippen LogP contribution is 2.14. The summed E-state index contributed by atoms with van der Waals surface area (Å²) in [6.07, 6.45) is 6.01. The lowest BCUT2D eigenvalue weighted by Gasteiger charge is -2.07. The average molecular weight is 334 g/mol. The van der Waals surface area contributed by atoms with Gasteiger partial charge in [-0.1, -0.05) is 6.42 Å². The molecule has 3 heterocycles. The molecule has 7 nitrogen and oxygen atoms in total. The Hall–Kier alpha value is -1.80. The zero-order valence-corrected chi connectivity index (χ0v) is 13.9. The van der Waals surface area contributed by atoms with Gasteiger partial charge in [0.15, 0.2) is 0 Å². The molecule has 0 aromatic carbocycles. The fraction of sp³-hybridized carbons (Fsp3) is 0.600. The fourth-order valence-electron chi connectivity index (χ4n) is 2.76. The van der Waals surface area contributed by atoms with Crippen LogP contribution in [0.4, 0.5) is 0 Å². The maximum absolute atomic E-state index is 12.1. The van der Waals surface area contributed by atoms with E-state index in [1.807, 2.05) is 0 Å². The molecular formula is C15H22N6OS. The second-order valence-electron chi connectivity index (χ2n) is 5.67. The summed E-state index contributed by atoms with van der Waals surface area (Å²) in [6, 6.07) is 0. The maximum Gasteiger partial charge on any atom is 0.270 e. The fourth-order valence-corrected chi connectivity index (χ4v) is 3.56. The summed E-state index contributed by atoms with van der Waals surface area (Å²) in [7, 11) is 0. The van der Waals surface area contributed by atoms with Crippen molar-refractivity contribution in [2.45, 2.75) is 45.1 Å². The molecule has 0 fully saturated rings. The van der Waals surface area contributed by atoms with Gasteiger partial charge in [0.25, 0.3) is 5.91 Å². The number of hydrogen-bond acceptors (Lipinski definition) is 6.